The third-order valence-electron chi connectivity index (χ3n) is 4.11. The molecule has 2 atom stereocenters. The lowest BCUT2D eigenvalue weighted by Crippen LogP contribution is -2.53. The first kappa shape index (κ1) is 16.2. The number of nitrogens with one attached hydrogen (secondary N) is 1. The van der Waals surface area contributed by atoms with Crippen molar-refractivity contribution in [2.24, 2.45) is 5.92 Å². The minimum atomic E-state index is -3.96. The van der Waals surface area contributed by atoms with Gasteiger partial charge < -0.3 is 4.74 Å². The van der Waals surface area contributed by atoms with Crippen molar-refractivity contribution in [2.75, 3.05) is 13.2 Å². The van der Waals surface area contributed by atoms with Crippen LogP contribution in [-0.2, 0) is 19.7 Å². The molecule has 2 rings (SSSR count). The minimum Gasteiger partial charge on any atom is -0.449 e. The smallest absolute Gasteiger partial charge is 0.421 e. The monoisotopic (exact) mass is 318 g/mol. The molecule has 8 heteroatoms. The molecule has 1 amide bonds. The first-order valence-electron chi connectivity index (χ1n) is 7.44. The van der Waals surface area contributed by atoms with Gasteiger partial charge in [0.15, 0.2) is 0 Å². The molecule has 1 saturated heterocycles. The molecule has 1 aliphatic carbocycles. The standard InChI is InChI=1S/C13H22N2O5S/c1-2-20-13(17)14-21(18,19)15-9-4-3-7-11(15)10-6-5-8-12(10)16/h10-11H,2-9H2,1H3,(H,14,17). The Bertz CT molecular complexity index is 505. The number of amides is 1. The van der Waals surface area contributed by atoms with Gasteiger partial charge in [-0.25, -0.2) is 9.52 Å². The maximum atomic E-state index is 12.3. The van der Waals surface area contributed by atoms with Crippen molar-refractivity contribution >= 4 is 22.1 Å². The minimum absolute atomic E-state index is 0.103. The number of nitrogens with zero attached hydrogens (tertiary/aromatic N) is 1. The van der Waals surface area contributed by atoms with Crippen molar-refractivity contribution in [3.63, 3.8) is 0 Å². The molecule has 21 heavy (non-hydrogen) atoms. The molecular weight excluding hydrogens is 296 g/mol. The van der Waals surface area contributed by atoms with Gasteiger partial charge in [0, 0.05) is 24.9 Å². The molecule has 1 saturated carbocycles. The highest BCUT2D eigenvalue weighted by Crippen LogP contribution is 2.33. The van der Waals surface area contributed by atoms with Crippen molar-refractivity contribution in [3.8, 4) is 0 Å². The lowest BCUT2D eigenvalue weighted by atomic mass is 9.90. The van der Waals surface area contributed by atoms with Gasteiger partial charge in [0.25, 0.3) is 0 Å². The molecule has 1 heterocycles. The third-order valence-corrected chi connectivity index (χ3v) is 5.61. The Morgan fingerprint density at radius 2 is 2.10 bits per heavy atom. The van der Waals surface area contributed by atoms with Crippen molar-refractivity contribution in [3.05, 3.63) is 0 Å². The summed E-state index contributed by atoms with van der Waals surface area (Å²) in [6, 6.07) is -0.333. The average Bonchev–Trinajstić information content (AvgIpc) is 2.84. The van der Waals surface area contributed by atoms with Crippen LogP contribution in [0.25, 0.3) is 0 Å². The van der Waals surface area contributed by atoms with Gasteiger partial charge in [0.05, 0.1) is 6.61 Å². The lowest BCUT2D eigenvalue weighted by Gasteiger charge is -2.37. The SMILES string of the molecule is CCOC(=O)NS(=O)(=O)N1CCCCC1C1CCCC1=O. The van der Waals surface area contributed by atoms with Crippen molar-refractivity contribution in [1.29, 1.82) is 0 Å². The van der Waals surface area contributed by atoms with Crippen LogP contribution in [0.15, 0.2) is 0 Å². The number of rotatable bonds is 4. The van der Waals surface area contributed by atoms with E-state index in [4.69, 9.17) is 0 Å². The molecule has 2 unspecified atom stereocenters. The van der Waals surface area contributed by atoms with E-state index in [1.807, 2.05) is 4.72 Å². The molecule has 120 valence electrons. The van der Waals surface area contributed by atoms with E-state index in [1.54, 1.807) is 6.92 Å². The quantitative estimate of drug-likeness (QED) is 0.841. The number of carbonyl (C=O) groups is 2. The highest BCUT2D eigenvalue weighted by Gasteiger charge is 2.42. The van der Waals surface area contributed by atoms with E-state index >= 15 is 0 Å². The van der Waals surface area contributed by atoms with E-state index in [-0.39, 0.29) is 24.3 Å². The predicted molar refractivity (Wildman–Crippen MR) is 75.8 cm³/mol. The summed E-state index contributed by atoms with van der Waals surface area (Å²) in [5.74, 6) is -0.0951. The Morgan fingerprint density at radius 3 is 2.71 bits per heavy atom. The highest BCUT2D eigenvalue weighted by atomic mass is 32.2. The number of piperidine rings is 1. The summed E-state index contributed by atoms with van der Waals surface area (Å²) < 4.78 is 32.5. The summed E-state index contributed by atoms with van der Waals surface area (Å²) in [7, 11) is -3.96. The van der Waals surface area contributed by atoms with Crippen LogP contribution in [0.5, 0.6) is 0 Å². The van der Waals surface area contributed by atoms with Crippen molar-refractivity contribution < 1.29 is 22.7 Å². The Morgan fingerprint density at radius 1 is 1.33 bits per heavy atom. The summed E-state index contributed by atoms with van der Waals surface area (Å²) in [5.41, 5.74) is 0. The van der Waals surface area contributed by atoms with Crippen LogP contribution in [0.2, 0.25) is 0 Å². The third kappa shape index (κ3) is 3.74. The second-order valence-corrected chi connectivity index (χ2v) is 7.09. The van der Waals surface area contributed by atoms with Gasteiger partial charge in [0.2, 0.25) is 0 Å². The molecule has 2 aliphatic rings. The van der Waals surface area contributed by atoms with Crippen molar-refractivity contribution in [2.45, 2.75) is 51.5 Å². The van der Waals surface area contributed by atoms with E-state index < -0.39 is 16.3 Å². The fraction of sp³-hybridized carbons (Fsp3) is 0.846. The second kappa shape index (κ2) is 6.74. The zero-order chi connectivity index (χ0) is 15.5. The summed E-state index contributed by atoms with van der Waals surface area (Å²) in [4.78, 5) is 23.3. The van der Waals surface area contributed by atoms with Gasteiger partial charge in [-0.15, -0.1) is 0 Å². The summed E-state index contributed by atoms with van der Waals surface area (Å²) >= 11 is 0. The topological polar surface area (TPSA) is 92.8 Å². The second-order valence-electron chi connectivity index (χ2n) is 5.47. The molecule has 0 bridgehead atoms. The molecular formula is C13H22N2O5S. The highest BCUT2D eigenvalue weighted by molar-refractivity contribution is 7.87. The first-order valence-corrected chi connectivity index (χ1v) is 8.88. The molecule has 0 aromatic rings. The number of carbonyl (C=O) groups excluding carboxylic acids is 2. The lowest BCUT2D eigenvalue weighted by molar-refractivity contribution is -0.122. The summed E-state index contributed by atoms with van der Waals surface area (Å²) in [6.45, 7) is 2.04. The number of Topliss-reactive ketones (excluding diaryl/α,β-unsaturated/α-hetero) is 1. The number of hydrogen-bond donors (Lipinski definition) is 1. The maximum absolute atomic E-state index is 12.3. The predicted octanol–water partition coefficient (Wildman–Crippen LogP) is 1.20. The van der Waals surface area contributed by atoms with Gasteiger partial charge in [-0.05, 0) is 32.6 Å². The van der Waals surface area contributed by atoms with Gasteiger partial charge >= 0.3 is 16.3 Å². The number of hydrogen-bond acceptors (Lipinski definition) is 5. The van der Waals surface area contributed by atoms with Crippen LogP contribution in [0, 0.1) is 5.92 Å². The average molecular weight is 318 g/mol. The van der Waals surface area contributed by atoms with E-state index in [0.29, 0.717) is 19.4 Å². The first-order chi connectivity index (χ1) is 9.95. The van der Waals surface area contributed by atoms with E-state index in [0.717, 1.165) is 25.7 Å². The maximum Gasteiger partial charge on any atom is 0.421 e. The Kier molecular flexibility index (Phi) is 5.21. The Labute approximate surface area is 125 Å². The number of ether oxygens (including phenoxy) is 1. The van der Waals surface area contributed by atoms with Crippen LogP contribution in [0.4, 0.5) is 4.79 Å². The van der Waals surface area contributed by atoms with E-state index in [2.05, 4.69) is 4.74 Å². The van der Waals surface area contributed by atoms with Crippen LogP contribution in [-0.4, -0.2) is 43.8 Å². The summed E-state index contributed by atoms with van der Waals surface area (Å²) in [6.07, 6.45) is 3.41. The van der Waals surface area contributed by atoms with Crippen molar-refractivity contribution in [1.82, 2.24) is 9.03 Å². The number of ketones is 1. The Hall–Kier alpha value is -1.15. The Balaban J connectivity index is 2.14. The van der Waals surface area contributed by atoms with E-state index in [1.165, 1.54) is 4.31 Å². The normalized spacial score (nSPS) is 27.6. The molecule has 1 N–H and O–H groups in total. The molecule has 0 spiro atoms. The van der Waals surface area contributed by atoms with Crippen LogP contribution < -0.4 is 4.72 Å². The van der Waals surface area contributed by atoms with Crippen LogP contribution in [0.3, 0.4) is 0 Å². The van der Waals surface area contributed by atoms with Gasteiger partial charge in [0.1, 0.15) is 5.78 Å². The fourth-order valence-electron chi connectivity index (χ4n) is 3.21. The zero-order valence-corrected chi connectivity index (χ0v) is 13.0. The molecule has 0 aromatic carbocycles. The molecule has 0 aromatic heterocycles. The summed E-state index contributed by atoms with van der Waals surface area (Å²) in [5, 5.41) is 0. The zero-order valence-electron chi connectivity index (χ0n) is 12.2. The van der Waals surface area contributed by atoms with Gasteiger partial charge in [-0.3, -0.25) is 4.79 Å². The fourth-order valence-corrected chi connectivity index (χ4v) is 4.57. The molecule has 1 aliphatic heterocycles. The molecule has 0 radical (unpaired) electrons. The molecule has 7 nitrogen and oxygen atoms in total. The van der Waals surface area contributed by atoms with E-state index in [9.17, 15) is 18.0 Å². The van der Waals surface area contributed by atoms with Crippen LogP contribution >= 0.6 is 0 Å². The van der Waals surface area contributed by atoms with Crippen LogP contribution in [0.1, 0.15) is 45.4 Å². The molecule has 2 fully saturated rings. The largest absolute Gasteiger partial charge is 0.449 e. The van der Waals surface area contributed by atoms with Gasteiger partial charge in [-0.2, -0.15) is 12.7 Å². The van der Waals surface area contributed by atoms with Gasteiger partial charge in [-0.1, -0.05) is 6.42 Å².